The van der Waals surface area contributed by atoms with Crippen LogP contribution in [0.3, 0.4) is 0 Å². The van der Waals surface area contributed by atoms with Gasteiger partial charge in [-0.1, -0.05) is 6.92 Å². The molecule has 0 aromatic heterocycles. The Morgan fingerprint density at radius 1 is 1.62 bits per heavy atom. The van der Waals surface area contributed by atoms with Crippen molar-refractivity contribution in [3.05, 3.63) is 0 Å². The van der Waals surface area contributed by atoms with Gasteiger partial charge < -0.3 is 5.11 Å². The SMILES string of the molecule is CCCC(=O)O.F.S. The fourth-order valence-corrected chi connectivity index (χ4v) is 0.214. The van der Waals surface area contributed by atoms with Crippen LogP contribution in [0.4, 0.5) is 4.70 Å². The molecule has 0 aromatic rings. The Balaban J connectivity index is -0.000000125. The minimum Gasteiger partial charge on any atom is -0.481 e. The van der Waals surface area contributed by atoms with E-state index in [4.69, 9.17) is 5.11 Å². The van der Waals surface area contributed by atoms with Crippen LogP contribution in [0.5, 0.6) is 0 Å². The highest BCUT2D eigenvalue weighted by Crippen LogP contribution is 1.82. The van der Waals surface area contributed by atoms with Crippen molar-refractivity contribution in [1.29, 1.82) is 0 Å². The van der Waals surface area contributed by atoms with E-state index in [9.17, 15) is 4.79 Å². The van der Waals surface area contributed by atoms with E-state index in [1.807, 2.05) is 6.92 Å². The fraction of sp³-hybridized carbons (Fsp3) is 0.750. The lowest BCUT2D eigenvalue weighted by molar-refractivity contribution is -0.137. The lowest BCUT2D eigenvalue weighted by atomic mass is 10.4. The number of hydrogen-bond acceptors (Lipinski definition) is 1. The van der Waals surface area contributed by atoms with Gasteiger partial charge in [0.1, 0.15) is 0 Å². The molecule has 0 heterocycles. The topological polar surface area (TPSA) is 37.3 Å². The van der Waals surface area contributed by atoms with Gasteiger partial charge in [-0.15, -0.1) is 0 Å². The number of halogens is 1. The van der Waals surface area contributed by atoms with Crippen molar-refractivity contribution in [2.45, 2.75) is 19.8 Å². The summed E-state index contributed by atoms with van der Waals surface area (Å²) in [6, 6.07) is 0. The van der Waals surface area contributed by atoms with E-state index in [0.29, 0.717) is 6.42 Å². The summed E-state index contributed by atoms with van der Waals surface area (Å²) in [5.74, 6) is -0.711. The monoisotopic (exact) mass is 142 g/mol. The lowest BCUT2D eigenvalue weighted by Gasteiger charge is -1.79. The summed E-state index contributed by atoms with van der Waals surface area (Å²) in [5, 5.41) is 7.91. The van der Waals surface area contributed by atoms with Crippen molar-refractivity contribution in [3.8, 4) is 0 Å². The standard InChI is InChI=1S/C4H8O2.FH.H2S/c1-2-3-4(5)6;;/h2-3H2,1H3,(H,5,6);1H;1H2. The van der Waals surface area contributed by atoms with Crippen LogP contribution in [0.25, 0.3) is 0 Å². The average molecular weight is 142 g/mol. The third-order valence-electron chi connectivity index (χ3n) is 0.464. The molecule has 0 radical (unpaired) electrons. The second-order valence-corrected chi connectivity index (χ2v) is 1.14. The summed E-state index contributed by atoms with van der Waals surface area (Å²) >= 11 is 0. The Hall–Kier alpha value is -0.250. The van der Waals surface area contributed by atoms with Crippen LogP contribution in [0.1, 0.15) is 19.8 Å². The second-order valence-electron chi connectivity index (χ2n) is 1.14. The lowest BCUT2D eigenvalue weighted by Crippen LogP contribution is -1.90. The molecule has 0 aliphatic rings. The van der Waals surface area contributed by atoms with Crippen LogP contribution in [-0.4, -0.2) is 11.1 Å². The highest BCUT2D eigenvalue weighted by Gasteiger charge is 1.87. The minimum atomic E-state index is -0.711. The first kappa shape index (κ1) is 15.7. The number of carboxylic acids is 1. The summed E-state index contributed by atoms with van der Waals surface area (Å²) in [7, 11) is 0. The quantitative estimate of drug-likeness (QED) is 0.627. The van der Waals surface area contributed by atoms with Crippen LogP contribution in [0.2, 0.25) is 0 Å². The van der Waals surface area contributed by atoms with Crippen molar-refractivity contribution in [2.75, 3.05) is 0 Å². The van der Waals surface area contributed by atoms with Gasteiger partial charge in [0, 0.05) is 6.42 Å². The predicted octanol–water partition coefficient (Wildman–Crippen LogP) is 1.14. The first-order valence-electron chi connectivity index (χ1n) is 1.99. The first-order valence-corrected chi connectivity index (χ1v) is 1.99. The summed E-state index contributed by atoms with van der Waals surface area (Å²) < 4.78 is 0. The molecule has 0 amide bonds. The van der Waals surface area contributed by atoms with Gasteiger partial charge in [-0.25, -0.2) is 0 Å². The Kier molecular flexibility index (Phi) is 19.4. The molecule has 0 aliphatic carbocycles. The minimum absolute atomic E-state index is 0. The summed E-state index contributed by atoms with van der Waals surface area (Å²) in [4.78, 5) is 9.60. The molecule has 0 saturated carbocycles. The first-order chi connectivity index (χ1) is 2.77. The molecule has 0 spiro atoms. The largest absolute Gasteiger partial charge is 0.481 e. The van der Waals surface area contributed by atoms with Crippen molar-refractivity contribution in [3.63, 3.8) is 0 Å². The molecule has 0 bridgehead atoms. The van der Waals surface area contributed by atoms with E-state index < -0.39 is 5.97 Å². The Morgan fingerprint density at radius 3 is 2.00 bits per heavy atom. The number of carbonyl (C=O) groups is 1. The molecule has 0 aliphatic heterocycles. The maximum Gasteiger partial charge on any atom is 0.303 e. The maximum atomic E-state index is 9.60. The van der Waals surface area contributed by atoms with E-state index in [2.05, 4.69) is 0 Å². The molecule has 0 fully saturated rings. The van der Waals surface area contributed by atoms with Crippen molar-refractivity contribution < 1.29 is 14.6 Å². The van der Waals surface area contributed by atoms with Crippen LogP contribution in [-0.2, 0) is 4.79 Å². The zero-order valence-electron chi connectivity index (χ0n) is 4.68. The van der Waals surface area contributed by atoms with Gasteiger partial charge in [-0.2, -0.15) is 13.5 Å². The molecular weight excluding hydrogens is 131 g/mol. The second kappa shape index (κ2) is 9.89. The molecule has 52 valence electrons. The van der Waals surface area contributed by atoms with E-state index >= 15 is 0 Å². The zero-order valence-corrected chi connectivity index (χ0v) is 5.68. The molecule has 0 rings (SSSR count). The van der Waals surface area contributed by atoms with Crippen molar-refractivity contribution >= 4 is 19.5 Å². The highest BCUT2D eigenvalue weighted by atomic mass is 32.1. The average Bonchev–Trinajstić information content (AvgIpc) is 1.35. The summed E-state index contributed by atoms with van der Waals surface area (Å²) in [5.41, 5.74) is 0. The van der Waals surface area contributed by atoms with Gasteiger partial charge in [0.2, 0.25) is 0 Å². The molecule has 1 N–H and O–H groups in total. The number of hydrogen-bond donors (Lipinski definition) is 1. The van der Waals surface area contributed by atoms with Crippen molar-refractivity contribution in [2.24, 2.45) is 0 Å². The van der Waals surface area contributed by atoms with Crippen LogP contribution in [0.15, 0.2) is 0 Å². The molecular formula is C4H11FO2S. The van der Waals surface area contributed by atoms with E-state index in [0.717, 1.165) is 6.42 Å². The Morgan fingerprint density at radius 2 is 2.00 bits per heavy atom. The van der Waals surface area contributed by atoms with E-state index in [1.54, 1.807) is 0 Å². The van der Waals surface area contributed by atoms with Gasteiger partial charge in [-0.05, 0) is 6.42 Å². The third-order valence-corrected chi connectivity index (χ3v) is 0.464. The highest BCUT2D eigenvalue weighted by molar-refractivity contribution is 7.59. The molecule has 0 atom stereocenters. The molecule has 0 saturated heterocycles. The molecule has 8 heavy (non-hydrogen) atoms. The summed E-state index contributed by atoms with van der Waals surface area (Å²) in [6.45, 7) is 1.84. The van der Waals surface area contributed by atoms with Gasteiger partial charge in [0.05, 0.1) is 0 Å². The molecule has 4 heteroatoms. The number of carboxylic acid groups (broad SMARTS) is 1. The smallest absolute Gasteiger partial charge is 0.303 e. The van der Waals surface area contributed by atoms with E-state index in [-0.39, 0.29) is 18.2 Å². The fourth-order valence-electron chi connectivity index (χ4n) is 0.214. The molecule has 0 aromatic carbocycles. The van der Waals surface area contributed by atoms with Crippen molar-refractivity contribution in [1.82, 2.24) is 0 Å². The zero-order chi connectivity index (χ0) is 4.99. The van der Waals surface area contributed by atoms with Crippen LogP contribution in [0, 0.1) is 0 Å². The van der Waals surface area contributed by atoms with E-state index in [1.165, 1.54) is 0 Å². The number of aliphatic carboxylic acids is 1. The van der Waals surface area contributed by atoms with Crippen LogP contribution >= 0.6 is 13.5 Å². The normalized spacial score (nSPS) is 6.12. The van der Waals surface area contributed by atoms with Gasteiger partial charge in [0.25, 0.3) is 0 Å². The maximum absolute atomic E-state index is 9.60. The van der Waals surface area contributed by atoms with Gasteiger partial charge >= 0.3 is 5.97 Å². The van der Waals surface area contributed by atoms with Gasteiger partial charge in [0.15, 0.2) is 0 Å². The summed E-state index contributed by atoms with van der Waals surface area (Å²) in [6.07, 6.45) is 1.02. The predicted molar refractivity (Wildman–Crippen MR) is 35.4 cm³/mol. The number of rotatable bonds is 2. The molecule has 0 unspecified atom stereocenters. The van der Waals surface area contributed by atoms with Crippen LogP contribution < -0.4 is 0 Å². The Labute approximate surface area is 54.7 Å². The third kappa shape index (κ3) is 17.2. The van der Waals surface area contributed by atoms with Gasteiger partial charge in [-0.3, -0.25) is 9.50 Å². The Bertz CT molecular complexity index is 58.0. The molecule has 2 nitrogen and oxygen atoms in total.